The van der Waals surface area contributed by atoms with Gasteiger partial charge in [0, 0.05) is 12.4 Å². The number of nitrogens with zero attached hydrogens (tertiary/aromatic N) is 5. The van der Waals surface area contributed by atoms with Crippen molar-refractivity contribution in [1.29, 1.82) is 0 Å². The normalized spacial score (nSPS) is 11.0. The van der Waals surface area contributed by atoms with Gasteiger partial charge in [0.1, 0.15) is 12.2 Å². The van der Waals surface area contributed by atoms with E-state index in [-0.39, 0.29) is 0 Å². The summed E-state index contributed by atoms with van der Waals surface area (Å²) in [7, 11) is 0. The molecule has 6 nitrogen and oxygen atoms in total. The lowest BCUT2D eigenvalue weighted by molar-refractivity contribution is 0.789. The maximum atomic E-state index is 5.63. The minimum absolute atomic E-state index is 0.345. The van der Waals surface area contributed by atoms with Gasteiger partial charge in [0.05, 0.1) is 23.3 Å². The molecular formula is C12H12N6. The molecule has 3 aromatic rings. The molecular weight excluding hydrogens is 228 g/mol. The number of rotatable bonds is 2. The van der Waals surface area contributed by atoms with Crippen LogP contribution < -0.4 is 5.73 Å². The lowest BCUT2D eigenvalue weighted by Crippen LogP contribution is -2.08. The highest BCUT2D eigenvalue weighted by Crippen LogP contribution is 2.19. The maximum absolute atomic E-state index is 5.63. The average molecular weight is 240 g/mol. The number of benzene rings is 1. The van der Waals surface area contributed by atoms with Gasteiger partial charge in [-0.1, -0.05) is 0 Å². The molecule has 2 aromatic heterocycles. The van der Waals surface area contributed by atoms with Crippen LogP contribution in [0.3, 0.4) is 0 Å². The molecule has 2 N–H and O–H groups in total. The summed E-state index contributed by atoms with van der Waals surface area (Å²) < 4.78 is 1.72. The molecule has 18 heavy (non-hydrogen) atoms. The van der Waals surface area contributed by atoms with Gasteiger partial charge < -0.3 is 5.73 Å². The zero-order valence-corrected chi connectivity index (χ0v) is 9.91. The molecule has 0 spiro atoms. The SMILES string of the molecule is Cc1cc(-n2ncnc2CN)cc2nccnc12. The van der Waals surface area contributed by atoms with Crippen molar-refractivity contribution in [1.82, 2.24) is 24.7 Å². The third-order valence-corrected chi connectivity index (χ3v) is 2.79. The molecule has 0 atom stereocenters. The first-order valence-electron chi connectivity index (χ1n) is 5.60. The number of nitrogens with two attached hydrogens (primary N) is 1. The van der Waals surface area contributed by atoms with Crippen molar-refractivity contribution in [3.05, 3.63) is 42.2 Å². The lowest BCUT2D eigenvalue weighted by Gasteiger charge is -2.07. The predicted molar refractivity (Wildman–Crippen MR) is 67.1 cm³/mol. The summed E-state index contributed by atoms with van der Waals surface area (Å²) in [6, 6.07) is 3.94. The highest BCUT2D eigenvalue weighted by molar-refractivity contribution is 5.79. The summed E-state index contributed by atoms with van der Waals surface area (Å²) in [5, 5.41) is 4.18. The van der Waals surface area contributed by atoms with Gasteiger partial charge in [0.15, 0.2) is 0 Å². The van der Waals surface area contributed by atoms with Crippen LogP contribution in [-0.4, -0.2) is 24.7 Å². The Morgan fingerprint density at radius 3 is 2.83 bits per heavy atom. The lowest BCUT2D eigenvalue weighted by atomic mass is 10.1. The fraction of sp³-hybridized carbons (Fsp3) is 0.167. The monoisotopic (exact) mass is 240 g/mol. The third-order valence-electron chi connectivity index (χ3n) is 2.79. The molecule has 6 heteroatoms. The second kappa shape index (κ2) is 4.15. The largest absolute Gasteiger partial charge is 0.324 e. The Hall–Kier alpha value is -2.34. The molecule has 0 radical (unpaired) electrons. The van der Waals surface area contributed by atoms with E-state index in [1.54, 1.807) is 17.1 Å². The van der Waals surface area contributed by atoms with E-state index in [2.05, 4.69) is 20.1 Å². The Bertz CT molecular complexity index is 703. The highest BCUT2D eigenvalue weighted by Gasteiger charge is 2.08. The van der Waals surface area contributed by atoms with Crippen LogP contribution in [0.4, 0.5) is 0 Å². The molecule has 3 rings (SSSR count). The molecule has 90 valence electrons. The Balaban J connectivity index is 2.25. The zero-order chi connectivity index (χ0) is 12.5. The molecule has 0 aliphatic heterocycles. The summed E-state index contributed by atoms with van der Waals surface area (Å²) in [6.07, 6.45) is 4.87. The zero-order valence-electron chi connectivity index (χ0n) is 9.91. The van der Waals surface area contributed by atoms with Crippen LogP contribution in [0.15, 0.2) is 30.9 Å². The summed E-state index contributed by atoms with van der Waals surface area (Å²) in [4.78, 5) is 12.7. The van der Waals surface area contributed by atoms with Gasteiger partial charge in [-0.2, -0.15) is 5.10 Å². The van der Waals surface area contributed by atoms with Crippen LogP contribution in [0, 0.1) is 6.92 Å². The third kappa shape index (κ3) is 1.63. The topological polar surface area (TPSA) is 82.5 Å². The van der Waals surface area contributed by atoms with Gasteiger partial charge in [-0.3, -0.25) is 9.97 Å². The standard InChI is InChI=1S/C12H12N6/c1-8-4-9(18-11(6-13)16-7-17-18)5-10-12(8)15-3-2-14-10/h2-5,7H,6,13H2,1H3. The highest BCUT2D eigenvalue weighted by atomic mass is 15.3. The van der Waals surface area contributed by atoms with Gasteiger partial charge in [-0.25, -0.2) is 9.67 Å². The van der Waals surface area contributed by atoms with E-state index in [9.17, 15) is 0 Å². The fourth-order valence-corrected chi connectivity index (χ4v) is 1.97. The number of hydrogen-bond acceptors (Lipinski definition) is 5. The molecule has 0 aliphatic carbocycles. The Morgan fingerprint density at radius 1 is 1.17 bits per heavy atom. The first kappa shape index (κ1) is 10.8. The number of fused-ring (bicyclic) bond motifs is 1. The number of aryl methyl sites for hydroxylation is 1. The fourth-order valence-electron chi connectivity index (χ4n) is 1.97. The molecule has 2 heterocycles. The minimum Gasteiger partial charge on any atom is -0.324 e. The average Bonchev–Trinajstić information content (AvgIpc) is 2.87. The van der Waals surface area contributed by atoms with Gasteiger partial charge in [-0.05, 0) is 24.6 Å². The van der Waals surface area contributed by atoms with Crippen molar-refractivity contribution >= 4 is 11.0 Å². The van der Waals surface area contributed by atoms with Crippen LogP contribution in [-0.2, 0) is 6.54 Å². The van der Waals surface area contributed by atoms with Crippen molar-refractivity contribution in [2.75, 3.05) is 0 Å². The summed E-state index contributed by atoms with van der Waals surface area (Å²) >= 11 is 0. The van der Waals surface area contributed by atoms with E-state index in [0.29, 0.717) is 6.54 Å². The quantitative estimate of drug-likeness (QED) is 0.722. The molecule has 0 saturated heterocycles. The second-order valence-corrected chi connectivity index (χ2v) is 3.98. The smallest absolute Gasteiger partial charge is 0.145 e. The van der Waals surface area contributed by atoms with Crippen molar-refractivity contribution in [3.63, 3.8) is 0 Å². The predicted octanol–water partition coefficient (Wildman–Crippen LogP) is 0.978. The van der Waals surface area contributed by atoms with E-state index in [4.69, 9.17) is 5.73 Å². The van der Waals surface area contributed by atoms with Crippen molar-refractivity contribution < 1.29 is 0 Å². The summed E-state index contributed by atoms with van der Waals surface area (Å²) in [5.41, 5.74) is 9.32. The van der Waals surface area contributed by atoms with Crippen molar-refractivity contribution in [2.24, 2.45) is 5.73 Å². The van der Waals surface area contributed by atoms with Crippen LogP contribution in [0.1, 0.15) is 11.4 Å². The molecule has 1 aromatic carbocycles. The van der Waals surface area contributed by atoms with Crippen LogP contribution in [0.2, 0.25) is 0 Å². The van der Waals surface area contributed by atoms with Gasteiger partial charge in [0.2, 0.25) is 0 Å². The molecule has 0 amide bonds. The molecule has 0 bridgehead atoms. The van der Waals surface area contributed by atoms with E-state index in [1.807, 2.05) is 19.1 Å². The minimum atomic E-state index is 0.345. The molecule has 0 saturated carbocycles. The first-order valence-corrected chi connectivity index (χ1v) is 5.60. The molecule has 0 aliphatic rings. The Kier molecular flexibility index (Phi) is 2.49. The van der Waals surface area contributed by atoms with Crippen molar-refractivity contribution in [2.45, 2.75) is 13.5 Å². The second-order valence-electron chi connectivity index (χ2n) is 3.98. The Morgan fingerprint density at radius 2 is 2.00 bits per heavy atom. The first-order chi connectivity index (χ1) is 8.79. The number of aromatic nitrogens is 5. The molecule has 0 fully saturated rings. The summed E-state index contributed by atoms with van der Waals surface area (Å²) in [6.45, 7) is 2.34. The van der Waals surface area contributed by atoms with E-state index in [0.717, 1.165) is 28.1 Å². The van der Waals surface area contributed by atoms with Crippen LogP contribution in [0.25, 0.3) is 16.7 Å². The van der Waals surface area contributed by atoms with Crippen LogP contribution >= 0.6 is 0 Å². The number of hydrogen-bond donors (Lipinski definition) is 1. The maximum Gasteiger partial charge on any atom is 0.145 e. The summed E-state index contributed by atoms with van der Waals surface area (Å²) in [5.74, 6) is 0.720. The van der Waals surface area contributed by atoms with E-state index in [1.165, 1.54) is 6.33 Å². The molecule has 0 unspecified atom stereocenters. The van der Waals surface area contributed by atoms with Gasteiger partial charge in [0.25, 0.3) is 0 Å². The van der Waals surface area contributed by atoms with E-state index >= 15 is 0 Å². The van der Waals surface area contributed by atoms with E-state index < -0.39 is 0 Å². The van der Waals surface area contributed by atoms with Crippen molar-refractivity contribution in [3.8, 4) is 5.69 Å². The van der Waals surface area contributed by atoms with Crippen LogP contribution in [0.5, 0.6) is 0 Å². The van der Waals surface area contributed by atoms with Gasteiger partial charge >= 0.3 is 0 Å². The Labute approximate surface area is 104 Å². The van der Waals surface area contributed by atoms with Gasteiger partial charge in [-0.15, -0.1) is 0 Å².